The average molecular weight is 355 g/mol. The fraction of sp³-hybridized carbons (Fsp3) is 0.444. The van der Waals surface area contributed by atoms with Crippen molar-refractivity contribution in [1.82, 2.24) is 5.32 Å². The molecule has 0 fully saturated rings. The van der Waals surface area contributed by atoms with Crippen LogP contribution < -0.4 is 10.6 Å². The number of hydrogen-bond acceptors (Lipinski definition) is 4. The lowest BCUT2D eigenvalue weighted by molar-refractivity contribution is 0.399. The van der Waals surface area contributed by atoms with Gasteiger partial charge in [-0.2, -0.15) is 0 Å². The summed E-state index contributed by atoms with van der Waals surface area (Å²) in [5.41, 5.74) is 2.33. The first kappa shape index (κ1) is 20.0. The number of thiophene rings is 1. The third kappa shape index (κ3) is 6.92. The Morgan fingerprint density at radius 3 is 2.65 bits per heavy atom. The lowest BCUT2D eigenvalue weighted by Gasteiger charge is -2.16. The van der Waals surface area contributed by atoms with E-state index in [1.54, 1.807) is 11.3 Å². The molecule has 1 aromatic heterocycles. The van der Waals surface area contributed by atoms with E-state index in [-0.39, 0.29) is 6.04 Å². The molecule has 23 heavy (non-hydrogen) atoms. The van der Waals surface area contributed by atoms with Crippen molar-refractivity contribution in [2.75, 3.05) is 25.5 Å². The van der Waals surface area contributed by atoms with Crippen LogP contribution in [-0.4, -0.2) is 25.3 Å². The van der Waals surface area contributed by atoms with Gasteiger partial charge in [0.05, 0.1) is 16.8 Å². The van der Waals surface area contributed by atoms with Crippen LogP contribution in [0.3, 0.4) is 0 Å². The van der Waals surface area contributed by atoms with Gasteiger partial charge in [-0.25, -0.2) is 0 Å². The van der Waals surface area contributed by atoms with Crippen LogP contribution in [0.4, 0.5) is 5.69 Å². The first-order chi connectivity index (χ1) is 11.2. The van der Waals surface area contributed by atoms with Crippen LogP contribution in [-0.2, 0) is 6.42 Å². The van der Waals surface area contributed by atoms with Gasteiger partial charge in [-0.1, -0.05) is 30.7 Å². The van der Waals surface area contributed by atoms with Crippen molar-refractivity contribution in [3.63, 3.8) is 0 Å². The third-order valence-electron chi connectivity index (χ3n) is 3.39. The zero-order valence-electron chi connectivity index (χ0n) is 14.1. The van der Waals surface area contributed by atoms with Crippen LogP contribution in [0.1, 0.15) is 36.8 Å². The molecule has 0 aliphatic carbocycles. The van der Waals surface area contributed by atoms with E-state index in [1.165, 1.54) is 16.9 Å². The largest absolute Gasteiger partial charge is 0.400 e. The molecule has 0 radical (unpaired) electrons. The van der Waals surface area contributed by atoms with Crippen molar-refractivity contribution in [1.29, 1.82) is 0 Å². The van der Waals surface area contributed by atoms with Gasteiger partial charge in [-0.05, 0) is 62.0 Å². The summed E-state index contributed by atoms with van der Waals surface area (Å²) < 4.78 is 0. The van der Waals surface area contributed by atoms with E-state index in [1.807, 2.05) is 6.07 Å². The fourth-order valence-electron chi connectivity index (χ4n) is 2.22. The maximum atomic E-state index is 7.00. The Bertz CT molecular complexity index is 546. The lowest BCUT2D eigenvalue weighted by Crippen LogP contribution is -2.17. The Hall–Kier alpha value is -1.07. The highest BCUT2D eigenvalue weighted by Crippen LogP contribution is 2.29. The second kappa shape index (κ2) is 11.5. The number of halogens is 1. The molecular formula is C18H27ClN2OS. The highest BCUT2D eigenvalue weighted by Gasteiger charge is 2.09. The van der Waals surface area contributed by atoms with Gasteiger partial charge in [0.25, 0.3) is 0 Å². The minimum Gasteiger partial charge on any atom is -0.400 e. The minimum absolute atomic E-state index is 0.274. The molecule has 3 nitrogen and oxygen atoms in total. The summed E-state index contributed by atoms with van der Waals surface area (Å²) >= 11 is 8.07. The first-order valence-electron chi connectivity index (χ1n) is 7.94. The van der Waals surface area contributed by atoms with E-state index in [9.17, 15) is 0 Å². The lowest BCUT2D eigenvalue weighted by atomic mass is 10.1. The number of benzene rings is 1. The predicted molar refractivity (Wildman–Crippen MR) is 103 cm³/mol. The van der Waals surface area contributed by atoms with Crippen LogP contribution >= 0.6 is 22.9 Å². The molecule has 128 valence electrons. The van der Waals surface area contributed by atoms with Crippen molar-refractivity contribution in [3.8, 4) is 0 Å². The van der Waals surface area contributed by atoms with Gasteiger partial charge in [0, 0.05) is 12.0 Å². The second-order valence-electron chi connectivity index (χ2n) is 5.20. The molecule has 1 heterocycles. The van der Waals surface area contributed by atoms with Gasteiger partial charge in [0.1, 0.15) is 0 Å². The van der Waals surface area contributed by atoms with Gasteiger partial charge < -0.3 is 15.7 Å². The topological polar surface area (TPSA) is 44.3 Å². The Kier molecular flexibility index (Phi) is 9.96. The number of hydrogen-bond donors (Lipinski definition) is 3. The van der Waals surface area contributed by atoms with E-state index in [0.29, 0.717) is 0 Å². The summed E-state index contributed by atoms with van der Waals surface area (Å²) in [7, 11) is 1.00. The second-order valence-corrected chi connectivity index (χ2v) is 6.58. The highest BCUT2D eigenvalue weighted by molar-refractivity contribution is 7.10. The quantitative estimate of drug-likeness (QED) is 0.601. The van der Waals surface area contributed by atoms with Crippen molar-refractivity contribution >= 4 is 28.6 Å². The SMILES string of the molecule is CCCNCCc1ccc(Cl)c(NC(C)c2cccs2)c1.CO. The Labute approximate surface area is 148 Å². The summed E-state index contributed by atoms with van der Waals surface area (Å²) in [4.78, 5) is 1.32. The zero-order chi connectivity index (χ0) is 17.1. The molecule has 0 saturated heterocycles. The van der Waals surface area contributed by atoms with Gasteiger partial charge >= 0.3 is 0 Å². The smallest absolute Gasteiger partial charge is 0.0637 e. The monoisotopic (exact) mass is 354 g/mol. The van der Waals surface area contributed by atoms with E-state index in [4.69, 9.17) is 16.7 Å². The summed E-state index contributed by atoms with van der Waals surface area (Å²) in [5.74, 6) is 0. The minimum atomic E-state index is 0.274. The van der Waals surface area contributed by atoms with Crippen molar-refractivity contribution in [2.45, 2.75) is 32.7 Å². The molecule has 5 heteroatoms. The average Bonchev–Trinajstić information content (AvgIpc) is 3.11. The zero-order valence-corrected chi connectivity index (χ0v) is 15.7. The first-order valence-corrected chi connectivity index (χ1v) is 9.20. The van der Waals surface area contributed by atoms with Crippen molar-refractivity contribution in [2.24, 2.45) is 0 Å². The fourth-order valence-corrected chi connectivity index (χ4v) is 3.12. The summed E-state index contributed by atoms with van der Waals surface area (Å²) in [6.07, 6.45) is 2.20. The Morgan fingerprint density at radius 1 is 1.22 bits per heavy atom. The van der Waals surface area contributed by atoms with Gasteiger partial charge in [0.15, 0.2) is 0 Å². The van der Waals surface area contributed by atoms with Crippen LogP contribution in [0.5, 0.6) is 0 Å². The van der Waals surface area contributed by atoms with Crippen LogP contribution in [0.25, 0.3) is 0 Å². The molecule has 1 aromatic carbocycles. The number of nitrogens with one attached hydrogen (secondary N) is 2. The molecular weight excluding hydrogens is 328 g/mol. The maximum Gasteiger partial charge on any atom is 0.0637 e. The van der Waals surface area contributed by atoms with Crippen molar-refractivity contribution < 1.29 is 5.11 Å². The van der Waals surface area contributed by atoms with E-state index in [2.05, 4.69) is 54.1 Å². The van der Waals surface area contributed by atoms with Crippen LogP contribution in [0.2, 0.25) is 5.02 Å². The van der Waals surface area contributed by atoms with Crippen LogP contribution in [0.15, 0.2) is 35.7 Å². The number of rotatable bonds is 8. The predicted octanol–water partition coefficient (Wildman–Crippen LogP) is 4.73. The molecule has 0 aliphatic heterocycles. The third-order valence-corrected chi connectivity index (χ3v) is 4.77. The molecule has 0 amide bonds. The molecule has 2 aromatic rings. The maximum absolute atomic E-state index is 7.00. The highest BCUT2D eigenvalue weighted by atomic mass is 35.5. The molecule has 0 spiro atoms. The summed E-state index contributed by atoms with van der Waals surface area (Å²) in [5, 5.41) is 16.8. The number of anilines is 1. The molecule has 0 aliphatic rings. The van der Waals surface area contributed by atoms with Crippen LogP contribution in [0, 0.1) is 0 Å². The van der Waals surface area contributed by atoms with Gasteiger partial charge in [-0.15, -0.1) is 11.3 Å². The van der Waals surface area contributed by atoms with Gasteiger partial charge in [-0.3, -0.25) is 0 Å². The van der Waals surface area contributed by atoms with E-state index in [0.717, 1.165) is 37.3 Å². The molecule has 2 rings (SSSR count). The van der Waals surface area contributed by atoms with Gasteiger partial charge in [0.2, 0.25) is 0 Å². The van der Waals surface area contributed by atoms with E-state index >= 15 is 0 Å². The summed E-state index contributed by atoms with van der Waals surface area (Å²) in [6, 6.07) is 10.8. The Balaban J connectivity index is 0.00000127. The number of aliphatic hydroxyl groups is 1. The van der Waals surface area contributed by atoms with E-state index < -0.39 is 0 Å². The normalized spacial score (nSPS) is 11.5. The standard InChI is InChI=1S/C17H23ClN2S.CH4O/c1-3-9-19-10-8-14-6-7-15(18)16(12-14)20-13(2)17-5-4-11-21-17;1-2/h4-7,11-13,19-20H,3,8-10H2,1-2H3;2H,1H3. The molecule has 1 unspecified atom stereocenters. The molecule has 0 bridgehead atoms. The van der Waals surface area contributed by atoms with Crippen molar-refractivity contribution in [3.05, 3.63) is 51.2 Å². The molecule has 0 saturated carbocycles. The Morgan fingerprint density at radius 2 is 2.00 bits per heavy atom. The molecule has 1 atom stereocenters. The molecule has 3 N–H and O–H groups in total. The number of aliphatic hydroxyl groups excluding tert-OH is 1. The summed E-state index contributed by atoms with van der Waals surface area (Å²) in [6.45, 7) is 6.43.